The Kier molecular flexibility index (Phi) is 6.64. The minimum absolute atomic E-state index is 0.118. The topological polar surface area (TPSA) is 106 Å². The van der Waals surface area contributed by atoms with Gasteiger partial charge in [-0.15, -0.1) is 0 Å². The first kappa shape index (κ1) is 24.4. The summed E-state index contributed by atoms with van der Waals surface area (Å²) in [5.74, 6) is -2.34. The van der Waals surface area contributed by atoms with Crippen LogP contribution in [-0.4, -0.2) is 42.0 Å². The number of hydrogen-bond acceptors (Lipinski definition) is 8. The van der Waals surface area contributed by atoms with E-state index in [1.165, 1.54) is 25.2 Å². The van der Waals surface area contributed by atoms with Gasteiger partial charge < -0.3 is 14.6 Å². The number of aromatic nitrogens is 1. The van der Waals surface area contributed by atoms with Gasteiger partial charge in [0, 0.05) is 5.56 Å². The number of ketones is 1. The standard InChI is InChI=1S/C25H21ClN2O6S/c1-12-5-7-14(8-6-12)19-18(20(29)15-9-10-17(33-3)16(26)11-15)21(30)23(31)28(19)25-27-13(2)22(35-25)24(32)34-4/h5-11,19,29H,1-4H3/t19-/m1/s1. The van der Waals surface area contributed by atoms with Crippen molar-refractivity contribution in [2.45, 2.75) is 19.9 Å². The molecule has 1 fully saturated rings. The molecule has 10 heteroatoms. The number of nitrogens with zero attached hydrogens (tertiary/aromatic N) is 2. The molecule has 35 heavy (non-hydrogen) atoms. The number of ether oxygens (including phenoxy) is 2. The van der Waals surface area contributed by atoms with Gasteiger partial charge in [0.15, 0.2) is 5.13 Å². The number of benzene rings is 2. The number of anilines is 1. The van der Waals surface area contributed by atoms with Crippen LogP contribution < -0.4 is 9.64 Å². The Hall–Kier alpha value is -3.69. The average molecular weight is 513 g/mol. The van der Waals surface area contributed by atoms with Gasteiger partial charge in [0.05, 0.1) is 36.6 Å². The highest BCUT2D eigenvalue weighted by Crippen LogP contribution is 2.44. The molecule has 8 nitrogen and oxygen atoms in total. The Morgan fingerprint density at radius 2 is 1.80 bits per heavy atom. The number of aliphatic hydroxyl groups excluding tert-OH is 1. The fraction of sp³-hybridized carbons (Fsp3) is 0.200. The molecule has 1 aliphatic heterocycles. The van der Waals surface area contributed by atoms with Gasteiger partial charge in [0.25, 0.3) is 5.78 Å². The third-order valence-corrected chi connectivity index (χ3v) is 7.06. The third-order valence-electron chi connectivity index (χ3n) is 5.62. The molecule has 1 aliphatic rings. The summed E-state index contributed by atoms with van der Waals surface area (Å²) in [5.41, 5.74) is 2.06. The number of Topliss-reactive ketones (excluding diaryl/α,β-unsaturated/α-hetero) is 1. The van der Waals surface area contributed by atoms with E-state index in [2.05, 4.69) is 4.98 Å². The zero-order valence-corrected chi connectivity index (χ0v) is 20.9. The van der Waals surface area contributed by atoms with E-state index in [4.69, 9.17) is 21.1 Å². The molecule has 0 saturated carbocycles. The summed E-state index contributed by atoms with van der Waals surface area (Å²) in [6.07, 6.45) is 0. The largest absolute Gasteiger partial charge is 0.507 e. The minimum atomic E-state index is -0.979. The summed E-state index contributed by atoms with van der Waals surface area (Å²) in [5, 5.41) is 11.6. The Labute approximate surface area is 210 Å². The SMILES string of the molecule is COC(=O)c1sc(N2C(=O)C(=O)C(=C(O)c3ccc(OC)c(Cl)c3)[C@H]2c2ccc(C)cc2)nc1C. The molecule has 0 radical (unpaired) electrons. The van der Waals surface area contributed by atoms with E-state index in [0.717, 1.165) is 16.9 Å². The second-order valence-corrected chi connectivity index (χ2v) is 9.22. The molecule has 1 amide bonds. The fourth-order valence-corrected chi connectivity index (χ4v) is 5.10. The van der Waals surface area contributed by atoms with Crippen LogP contribution in [-0.2, 0) is 14.3 Å². The van der Waals surface area contributed by atoms with Crippen LogP contribution in [0.3, 0.4) is 0 Å². The van der Waals surface area contributed by atoms with Crippen molar-refractivity contribution in [3.63, 3.8) is 0 Å². The number of amides is 1. The molecular formula is C25H21ClN2O6S. The normalized spacial score (nSPS) is 17.1. The van der Waals surface area contributed by atoms with Crippen molar-refractivity contribution in [3.05, 3.63) is 80.3 Å². The van der Waals surface area contributed by atoms with Crippen molar-refractivity contribution >= 4 is 51.5 Å². The van der Waals surface area contributed by atoms with Crippen molar-refractivity contribution in [2.24, 2.45) is 0 Å². The van der Waals surface area contributed by atoms with E-state index in [-0.39, 0.29) is 31.9 Å². The number of halogens is 1. The van der Waals surface area contributed by atoms with Gasteiger partial charge >= 0.3 is 11.9 Å². The van der Waals surface area contributed by atoms with Gasteiger partial charge in [-0.1, -0.05) is 52.8 Å². The molecule has 3 aromatic rings. The lowest BCUT2D eigenvalue weighted by Gasteiger charge is -2.23. The smallest absolute Gasteiger partial charge is 0.350 e. The summed E-state index contributed by atoms with van der Waals surface area (Å²) in [6.45, 7) is 3.52. The van der Waals surface area contributed by atoms with Crippen LogP contribution >= 0.6 is 22.9 Å². The van der Waals surface area contributed by atoms with E-state index in [1.807, 2.05) is 19.1 Å². The van der Waals surface area contributed by atoms with Crippen LogP contribution in [0.15, 0.2) is 48.0 Å². The molecule has 1 saturated heterocycles. The van der Waals surface area contributed by atoms with E-state index >= 15 is 0 Å². The van der Waals surface area contributed by atoms with Gasteiger partial charge in [-0.25, -0.2) is 9.78 Å². The number of methoxy groups -OCH3 is 2. The summed E-state index contributed by atoms with van der Waals surface area (Å²) in [7, 11) is 2.71. The second-order valence-electron chi connectivity index (χ2n) is 7.83. The maximum atomic E-state index is 13.3. The quantitative estimate of drug-likeness (QED) is 0.226. The summed E-state index contributed by atoms with van der Waals surface area (Å²) < 4.78 is 9.96. The third kappa shape index (κ3) is 4.28. The highest BCUT2D eigenvalue weighted by atomic mass is 35.5. The van der Waals surface area contributed by atoms with Crippen molar-refractivity contribution in [1.82, 2.24) is 4.98 Å². The predicted octanol–water partition coefficient (Wildman–Crippen LogP) is 4.83. The second kappa shape index (κ2) is 9.52. The molecule has 0 unspecified atom stereocenters. The molecule has 1 N–H and O–H groups in total. The van der Waals surface area contributed by atoms with Crippen LogP contribution in [0.5, 0.6) is 5.75 Å². The molecule has 0 aliphatic carbocycles. The zero-order chi connectivity index (χ0) is 25.4. The van der Waals surface area contributed by atoms with Gasteiger partial charge in [0.2, 0.25) is 0 Å². The molecule has 2 heterocycles. The highest BCUT2D eigenvalue weighted by molar-refractivity contribution is 7.17. The first-order chi connectivity index (χ1) is 16.7. The fourth-order valence-electron chi connectivity index (χ4n) is 3.83. The molecule has 180 valence electrons. The number of thiazole rings is 1. The van der Waals surface area contributed by atoms with Gasteiger partial charge in [0.1, 0.15) is 16.4 Å². The monoisotopic (exact) mass is 512 g/mol. The number of carbonyl (C=O) groups is 3. The van der Waals surface area contributed by atoms with E-state index in [0.29, 0.717) is 17.0 Å². The van der Waals surface area contributed by atoms with Crippen LogP contribution in [0, 0.1) is 13.8 Å². The van der Waals surface area contributed by atoms with Crippen molar-refractivity contribution in [3.8, 4) is 5.75 Å². The lowest BCUT2D eigenvalue weighted by Crippen LogP contribution is -2.29. The van der Waals surface area contributed by atoms with Gasteiger partial charge in [-0.3, -0.25) is 14.5 Å². The van der Waals surface area contributed by atoms with Crippen LogP contribution in [0.2, 0.25) is 5.02 Å². The summed E-state index contributed by atoms with van der Waals surface area (Å²) in [4.78, 5) is 44.5. The van der Waals surface area contributed by atoms with Gasteiger partial charge in [-0.2, -0.15) is 0 Å². The molecule has 0 bridgehead atoms. The van der Waals surface area contributed by atoms with Crippen molar-refractivity contribution in [1.29, 1.82) is 0 Å². The van der Waals surface area contributed by atoms with Crippen LogP contribution in [0.1, 0.15) is 38.1 Å². The number of aryl methyl sites for hydroxylation is 2. The lowest BCUT2D eigenvalue weighted by molar-refractivity contribution is -0.132. The maximum absolute atomic E-state index is 13.3. The molecule has 1 aromatic heterocycles. The van der Waals surface area contributed by atoms with E-state index < -0.39 is 23.7 Å². The number of carbonyl (C=O) groups excluding carboxylic acids is 3. The Morgan fingerprint density at radius 1 is 1.11 bits per heavy atom. The average Bonchev–Trinajstić information content (AvgIpc) is 3.35. The van der Waals surface area contributed by atoms with Gasteiger partial charge in [-0.05, 0) is 37.6 Å². The van der Waals surface area contributed by atoms with Crippen LogP contribution in [0.25, 0.3) is 5.76 Å². The molecule has 0 spiro atoms. The maximum Gasteiger partial charge on any atom is 0.350 e. The Morgan fingerprint density at radius 3 is 2.40 bits per heavy atom. The molecule has 4 rings (SSSR count). The zero-order valence-electron chi connectivity index (χ0n) is 19.3. The summed E-state index contributed by atoms with van der Waals surface area (Å²) in [6, 6.07) is 10.8. The number of hydrogen-bond donors (Lipinski definition) is 1. The first-order valence-corrected chi connectivity index (χ1v) is 11.6. The lowest BCUT2D eigenvalue weighted by atomic mass is 9.95. The van der Waals surface area contributed by atoms with Crippen molar-refractivity contribution < 1.29 is 29.0 Å². The molecule has 1 atom stereocenters. The number of aliphatic hydroxyl groups is 1. The molecular weight excluding hydrogens is 492 g/mol. The number of rotatable bonds is 5. The summed E-state index contributed by atoms with van der Waals surface area (Å²) >= 11 is 7.17. The first-order valence-electron chi connectivity index (χ1n) is 10.4. The van der Waals surface area contributed by atoms with E-state index in [9.17, 15) is 19.5 Å². The number of esters is 1. The Bertz CT molecular complexity index is 1380. The molecule has 2 aromatic carbocycles. The Balaban J connectivity index is 1.93. The predicted molar refractivity (Wildman–Crippen MR) is 132 cm³/mol. The minimum Gasteiger partial charge on any atom is -0.507 e. The highest BCUT2D eigenvalue weighted by Gasteiger charge is 2.48. The van der Waals surface area contributed by atoms with Crippen LogP contribution in [0.4, 0.5) is 5.13 Å². The van der Waals surface area contributed by atoms with Crippen molar-refractivity contribution in [2.75, 3.05) is 19.1 Å². The van der Waals surface area contributed by atoms with E-state index in [1.54, 1.807) is 31.2 Å².